The van der Waals surface area contributed by atoms with E-state index in [0.29, 0.717) is 0 Å². The van der Waals surface area contributed by atoms with E-state index in [1.54, 1.807) is 11.8 Å². The number of benzene rings is 1. The predicted octanol–water partition coefficient (Wildman–Crippen LogP) is 3.59. The van der Waals surface area contributed by atoms with Crippen molar-refractivity contribution >= 4 is 17.4 Å². The fraction of sp³-hybridized carbons (Fsp3) is 0.214. The van der Waals surface area contributed by atoms with Crippen LogP contribution in [0.5, 0.6) is 0 Å². The minimum atomic E-state index is 0.949. The lowest BCUT2D eigenvalue weighted by Crippen LogP contribution is -2.04. The molecule has 1 aromatic carbocycles. The topological polar surface area (TPSA) is 24.9 Å². The maximum absolute atomic E-state index is 4.27. The van der Waals surface area contributed by atoms with Crippen molar-refractivity contribution in [1.82, 2.24) is 4.98 Å². The van der Waals surface area contributed by atoms with Crippen molar-refractivity contribution in [2.75, 3.05) is 17.6 Å². The first-order valence-corrected chi connectivity index (χ1v) is 6.67. The average Bonchev–Trinajstić information content (AvgIpc) is 2.36. The summed E-state index contributed by atoms with van der Waals surface area (Å²) in [5.41, 5.74) is 2.47. The van der Waals surface area contributed by atoms with Crippen LogP contribution in [0.4, 0.5) is 5.69 Å². The molecule has 0 spiro atoms. The van der Waals surface area contributed by atoms with E-state index >= 15 is 0 Å². The Morgan fingerprint density at radius 1 is 1.18 bits per heavy atom. The summed E-state index contributed by atoms with van der Waals surface area (Å²) in [5, 5.41) is 4.49. The molecule has 1 N–H and O–H groups in total. The molecule has 88 valence electrons. The Bertz CT molecular complexity index is 457. The number of hydrogen-bond donors (Lipinski definition) is 1. The molecule has 0 aliphatic carbocycles. The lowest BCUT2D eigenvalue weighted by molar-refractivity contribution is 1.12. The first-order valence-electron chi connectivity index (χ1n) is 5.69. The van der Waals surface area contributed by atoms with Gasteiger partial charge in [-0.3, -0.25) is 0 Å². The molecule has 2 rings (SSSR count). The van der Waals surface area contributed by atoms with E-state index < -0.39 is 0 Å². The molecular formula is C14H16N2S. The van der Waals surface area contributed by atoms with Crippen molar-refractivity contribution in [3.8, 4) is 0 Å². The van der Waals surface area contributed by atoms with E-state index in [4.69, 9.17) is 0 Å². The number of aryl methyl sites for hydroxylation is 1. The molecule has 2 aromatic rings. The quantitative estimate of drug-likeness (QED) is 0.642. The standard InChI is InChI=1S/C14H16N2S/c1-12-5-4-6-13(11-12)15-9-10-17-14-7-2-3-8-16-14/h2-8,11,15H,9-10H2,1H3. The van der Waals surface area contributed by atoms with Crippen LogP contribution >= 0.6 is 11.8 Å². The second-order valence-corrected chi connectivity index (χ2v) is 4.93. The van der Waals surface area contributed by atoms with Gasteiger partial charge < -0.3 is 5.32 Å². The largest absolute Gasteiger partial charge is 0.384 e. The van der Waals surface area contributed by atoms with Gasteiger partial charge in [0.1, 0.15) is 0 Å². The highest BCUT2D eigenvalue weighted by Crippen LogP contribution is 2.14. The van der Waals surface area contributed by atoms with Crippen LogP contribution in [0, 0.1) is 6.92 Å². The molecular weight excluding hydrogens is 228 g/mol. The molecule has 1 heterocycles. The maximum Gasteiger partial charge on any atom is 0.0960 e. The Morgan fingerprint density at radius 3 is 2.88 bits per heavy atom. The van der Waals surface area contributed by atoms with Gasteiger partial charge in [-0.05, 0) is 36.8 Å². The SMILES string of the molecule is Cc1cccc(NCCSc2ccccn2)c1. The van der Waals surface area contributed by atoms with E-state index in [1.165, 1.54) is 11.3 Å². The van der Waals surface area contributed by atoms with Crippen LogP contribution in [0.1, 0.15) is 5.56 Å². The zero-order valence-electron chi connectivity index (χ0n) is 9.89. The third-order valence-electron chi connectivity index (χ3n) is 2.34. The van der Waals surface area contributed by atoms with Gasteiger partial charge in [-0.25, -0.2) is 4.98 Å². The molecule has 0 fully saturated rings. The fourth-order valence-corrected chi connectivity index (χ4v) is 2.26. The van der Waals surface area contributed by atoms with Crippen LogP contribution in [-0.2, 0) is 0 Å². The second-order valence-electron chi connectivity index (χ2n) is 3.81. The monoisotopic (exact) mass is 244 g/mol. The number of aromatic nitrogens is 1. The zero-order chi connectivity index (χ0) is 11.9. The predicted molar refractivity (Wildman–Crippen MR) is 74.6 cm³/mol. The van der Waals surface area contributed by atoms with Crippen molar-refractivity contribution in [2.45, 2.75) is 11.9 Å². The third kappa shape index (κ3) is 4.11. The molecule has 2 nitrogen and oxygen atoms in total. The van der Waals surface area contributed by atoms with Crippen molar-refractivity contribution < 1.29 is 0 Å². The zero-order valence-corrected chi connectivity index (χ0v) is 10.7. The Labute approximate surface area is 106 Å². The minimum Gasteiger partial charge on any atom is -0.384 e. The second kappa shape index (κ2) is 6.30. The Morgan fingerprint density at radius 2 is 2.12 bits per heavy atom. The average molecular weight is 244 g/mol. The van der Waals surface area contributed by atoms with Crippen molar-refractivity contribution in [1.29, 1.82) is 0 Å². The van der Waals surface area contributed by atoms with Crippen LogP contribution < -0.4 is 5.32 Å². The summed E-state index contributed by atoms with van der Waals surface area (Å²) in [7, 11) is 0. The number of rotatable bonds is 5. The highest BCUT2D eigenvalue weighted by atomic mass is 32.2. The van der Waals surface area contributed by atoms with Gasteiger partial charge in [0.05, 0.1) is 5.03 Å². The molecule has 0 unspecified atom stereocenters. The smallest absolute Gasteiger partial charge is 0.0960 e. The summed E-state index contributed by atoms with van der Waals surface area (Å²) >= 11 is 1.77. The molecule has 0 atom stereocenters. The van der Waals surface area contributed by atoms with Gasteiger partial charge >= 0.3 is 0 Å². The van der Waals surface area contributed by atoms with Gasteiger partial charge in [0.2, 0.25) is 0 Å². The summed E-state index contributed by atoms with van der Waals surface area (Å²) in [6.45, 7) is 3.05. The van der Waals surface area contributed by atoms with Gasteiger partial charge in [0.25, 0.3) is 0 Å². The van der Waals surface area contributed by atoms with Gasteiger partial charge in [0.15, 0.2) is 0 Å². The molecule has 0 amide bonds. The molecule has 1 aromatic heterocycles. The number of hydrogen-bond acceptors (Lipinski definition) is 3. The lowest BCUT2D eigenvalue weighted by atomic mass is 10.2. The van der Waals surface area contributed by atoms with Crippen LogP contribution in [0.15, 0.2) is 53.7 Å². The number of nitrogens with one attached hydrogen (secondary N) is 1. The number of thioether (sulfide) groups is 1. The summed E-state index contributed by atoms with van der Waals surface area (Å²) in [5.74, 6) is 1.02. The first kappa shape index (κ1) is 12.0. The highest BCUT2D eigenvalue weighted by molar-refractivity contribution is 7.99. The molecule has 0 bridgehead atoms. The fourth-order valence-electron chi connectivity index (χ4n) is 1.54. The Hall–Kier alpha value is -1.48. The Kier molecular flexibility index (Phi) is 4.45. The van der Waals surface area contributed by atoms with Crippen LogP contribution in [0.3, 0.4) is 0 Å². The normalized spacial score (nSPS) is 10.2. The summed E-state index contributed by atoms with van der Waals surface area (Å²) in [6, 6.07) is 14.4. The number of nitrogens with zero attached hydrogens (tertiary/aromatic N) is 1. The maximum atomic E-state index is 4.27. The first-order chi connectivity index (χ1) is 8.34. The van der Waals surface area contributed by atoms with E-state index in [9.17, 15) is 0 Å². The third-order valence-corrected chi connectivity index (χ3v) is 3.28. The highest BCUT2D eigenvalue weighted by Gasteiger charge is 1.95. The van der Waals surface area contributed by atoms with Crippen LogP contribution in [-0.4, -0.2) is 17.3 Å². The lowest BCUT2D eigenvalue weighted by Gasteiger charge is -2.06. The van der Waals surface area contributed by atoms with Crippen molar-refractivity contribution in [2.24, 2.45) is 0 Å². The van der Waals surface area contributed by atoms with Crippen molar-refractivity contribution in [3.63, 3.8) is 0 Å². The van der Waals surface area contributed by atoms with Crippen LogP contribution in [0.2, 0.25) is 0 Å². The number of pyridine rings is 1. The molecule has 0 saturated heterocycles. The summed E-state index contributed by atoms with van der Waals surface area (Å²) < 4.78 is 0. The Balaban J connectivity index is 1.73. The minimum absolute atomic E-state index is 0.949. The molecule has 0 radical (unpaired) electrons. The van der Waals surface area contributed by atoms with E-state index in [-0.39, 0.29) is 0 Å². The summed E-state index contributed by atoms with van der Waals surface area (Å²) in [4.78, 5) is 4.27. The molecule has 3 heteroatoms. The van der Waals surface area contributed by atoms with Gasteiger partial charge in [-0.2, -0.15) is 0 Å². The number of anilines is 1. The van der Waals surface area contributed by atoms with E-state index in [0.717, 1.165) is 17.3 Å². The van der Waals surface area contributed by atoms with Gasteiger partial charge in [-0.1, -0.05) is 18.2 Å². The molecule has 17 heavy (non-hydrogen) atoms. The van der Waals surface area contributed by atoms with E-state index in [1.807, 2.05) is 24.4 Å². The molecule has 0 saturated carbocycles. The van der Waals surface area contributed by atoms with Crippen molar-refractivity contribution in [3.05, 3.63) is 54.2 Å². The summed E-state index contributed by atoms with van der Waals surface area (Å²) in [6.07, 6.45) is 1.83. The molecule has 0 aliphatic heterocycles. The van der Waals surface area contributed by atoms with E-state index in [2.05, 4.69) is 41.5 Å². The van der Waals surface area contributed by atoms with Gasteiger partial charge in [0, 0.05) is 24.2 Å². The molecule has 0 aliphatic rings. The van der Waals surface area contributed by atoms with Crippen LogP contribution in [0.25, 0.3) is 0 Å². The van der Waals surface area contributed by atoms with Gasteiger partial charge in [-0.15, -0.1) is 11.8 Å².